The number of rotatable bonds is 10. The molecule has 0 bridgehead atoms. The summed E-state index contributed by atoms with van der Waals surface area (Å²) in [6.45, 7) is 16.2. The number of hydrogen-bond donors (Lipinski definition) is 1. The lowest BCUT2D eigenvalue weighted by molar-refractivity contribution is -0.0783. The Kier molecular flexibility index (Phi) is 10.3. The molecule has 2 aliphatic heterocycles. The number of morpholine rings is 2. The maximum atomic E-state index is 13.4. The maximum absolute atomic E-state index is 13.4. The Labute approximate surface area is 204 Å². The van der Waals surface area contributed by atoms with Crippen molar-refractivity contribution in [1.82, 2.24) is 14.7 Å². The van der Waals surface area contributed by atoms with Gasteiger partial charge in [0.2, 0.25) is 0 Å². The molecule has 192 valence electrons. The highest BCUT2D eigenvalue weighted by Gasteiger charge is 2.27. The molecule has 2 heterocycles. The van der Waals surface area contributed by atoms with E-state index >= 15 is 0 Å². The van der Waals surface area contributed by atoms with E-state index in [1.807, 2.05) is 56.9 Å². The molecule has 34 heavy (non-hydrogen) atoms. The van der Waals surface area contributed by atoms with Crippen LogP contribution in [0.1, 0.15) is 36.7 Å². The molecule has 1 aromatic rings. The zero-order valence-corrected chi connectivity index (χ0v) is 21.4. The van der Waals surface area contributed by atoms with Crippen LogP contribution in [0.4, 0.5) is 0 Å². The predicted octanol–water partition coefficient (Wildman–Crippen LogP) is 1.65. The zero-order chi connectivity index (χ0) is 24.6. The normalized spacial score (nSPS) is 21.4. The quantitative estimate of drug-likeness (QED) is 0.549. The minimum absolute atomic E-state index is 0.0348. The van der Waals surface area contributed by atoms with Gasteiger partial charge in [0, 0.05) is 57.9 Å². The molecule has 2 atom stereocenters. The van der Waals surface area contributed by atoms with Crippen molar-refractivity contribution >= 4 is 5.91 Å². The Morgan fingerprint density at radius 1 is 1.15 bits per heavy atom. The second-order valence-corrected chi connectivity index (χ2v) is 10.4. The molecule has 8 heteroatoms. The van der Waals surface area contributed by atoms with E-state index in [1.54, 1.807) is 0 Å². The van der Waals surface area contributed by atoms with Gasteiger partial charge in [0.25, 0.3) is 5.91 Å². The molecule has 8 nitrogen and oxygen atoms in total. The van der Waals surface area contributed by atoms with Crippen LogP contribution < -0.4 is 0 Å². The molecule has 2 aliphatic rings. The van der Waals surface area contributed by atoms with E-state index in [4.69, 9.17) is 14.2 Å². The summed E-state index contributed by atoms with van der Waals surface area (Å²) in [6, 6.07) is 7.76. The van der Waals surface area contributed by atoms with E-state index < -0.39 is 6.10 Å². The lowest BCUT2D eigenvalue weighted by Gasteiger charge is -2.37. The third kappa shape index (κ3) is 9.24. The van der Waals surface area contributed by atoms with Crippen LogP contribution in [0.2, 0.25) is 0 Å². The molecule has 0 unspecified atom stereocenters. The molecular formula is C26H43N3O5. The minimum Gasteiger partial charge on any atom is -0.389 e. The summed E-state index contributed by atoms with van der Waals surface area (Å²) in [4.78, 5) is 19.9. The first-order valence-corrected chi connectivity index (χ1v) is 12.5. The average molecular weight is 478 g/mol. The number of aryl methyl sites for hydroxylation is 1. The third-order valence-corrected chi connectivity index (χ3v) is 6.20. The van der Waals surface area contributed by atoms with Crippen molar-refractivity contribution in [3.63, 3.8) is 0 Å². The first-order chi connectivity index (χ1) is 16.2. The monoisotopic (exact) mass is 477 g/mol. The van der Waals surface area contributed by atoms with Crippen molar-refractivity contribution in [1.29, 1.82) is 0 Å². The average Bonchev–Trinajstić information content (AvgIpc) is 2.81. The maximum Gasteiger partial charge on any atom is 0.253 e. The first-order valence-electron chi connectivity index (χ1n) is 12.5. The Morgan fingerprint density at radius 2 is 1.82 bits per heavy atom. The van der Waals surface area contributed by atoms with Gasteiger partial charge in [-0.05, 0) is 39.8 Å². The van der Waals surface area contributed by atoms with Gasteiger partial charge >= 0.3 is 0 Å². The van der Waals surface area contributed by atoms with Gasteiger partial charge in [-0.25, -0.2) is 0 Å². The van der Waals surface area contributed by atoms with Crippen LogP contribution in [0.3, 0.4) is 0 Å². The number of aliphatic hydroxyl groups excluding tert-OH is 1. The van der Waals surface area contributed by atoms with Gasteiger partial charge in [-0.2, -0.15) is 0 Å². The highest BCUT2D eigenvalue weighted by molar-refractivity contribution is 5.94. The standard InChI is InChI=1S/C26H43N3O5/c1-21-5-7-22(8-6-21)25(31)29(10-9-27-11-14-32-15-12-27)19-24-18-28(13-16-33-24)17-23(30)20-34-26(2,3)4/h5-8,23-24,30H,9-20H2,1-4H3/t23-,24-/m1/s1. The Morgan fingerprint density at radius 3 is 2.50 bits per heavy atom. The number of carbonyl (C=O) groups is 1. The van der Waals surface area contributed by atoms with E-state index in [-0.39, 0.29) is 17.6 Å². The summed E-state index contributed by atoms with van der Waals surface area (Å²) < 4.78 is 17.2. The summed E-state index contributed by atoms with van der Waals surface area (Å²) in [5.41, 5.74) is 1.57. The fourth-order valence-electron chi connectivity index (χ4n) is 4.24. The molecule has 0 spiro atoms. The molecule has 1 amide bonds. The van der Waals surface area contributed by atoms with Crippen LogP contribution in [-0.2, 0) is 14.2 Å². The van der Waals surface area contributed by atoms with Crippen molar-refractivity contribution in [2.24, 2.45) is 0 Å². The molecule has 1 aromatic carbocycles. The number of nitrogens with zero attached hydrogens (tertiary/aromatic N) is 3. The molecular weight excluding hydrogens is 434 g/mol. The van der Waals surface area contributed by atoms with Crippen LogP contribution in [0.15, 0.2) is 24.3 Å². The van der Waals surface area contributed by atoms with E-state index in [2.05, 4.69) is 9.80 Å². The summed E-state index contributed by atoms with van der Waals surface area (Å²) in [5.74, 6) is 0.0348. The van der Waals surface area contributed by atoms with Crippen molar-refractivity contribution in [3.8, 4) is 0 Å². The second-order valence-electron chi connectivity index (χ2n) is 10.4. The number of aliphatic hydroxyl groups is 1. The van der Waals surface area contributed by atoms with Crippen molar-refractivity contribution in [2.45, 2.75) is 45.5 Å². The number of amides is 1. The van der Waals surface area contributed by atoms with Crippen molar-refractivity contribution < 1.29 is 24.1 Å². The number of hydrogen-bond acceptors (Lipinski definition) is 7. The fraction of sp³-hybridized carbons (Fsp3) is 0.731. The third-order valence-electron chi connectivity index (χ3n) is 6.20. The van der Waals surface area contributed by atoms with Gasteiger partial charge in [-0.15, -0.1) is 0 Å². The molecule has 1 N–H and O–H groups in total. The Balaban J connectivity index is 1.58. The van der Waals surface area contributed by atoms with Crippen LogP contribution in [0, 0.1) is 6.92 Å². The number of β-amino-alcohol motifs (C(OH)–C–C–N with tert-alkyl or cyclic N) is 1. The summed E-state index contributed by atoms with van der Waals surface area (Å²) in [5, 5.41) is 10.4. The minimum atomic E-state index is -0.551. The van der Waals surface area contributed by atoms with Gasteiger partial charge in [-0.1, -0.05) is 17.7 Å². The van der Waals surface area contributed by atoms with Gasteiger partial charge < -0.3 is 24.2 Å². The van der Waals surface area contributed by atoms with Gasteiger partial charge in [0.05, 0.1) is 44.2 Å². The Bertz CT molecular complexity index is 746. The van der Waals surface area contributed by atoms with Crippen molar-refractivity contribution in [3.05, 3.63) is 35.4 Å². The van der Waals surface area contributed by atoms with Gasteiger partial charge in [0.1, 0.15) is 0 Å². The van der Waals surface area contributed by atoms with Crippen molar-refractivity contribution in [2.75, 3.05) is 78.8 Å². The van der Waals surface area contributed by atoms with E-state index in [9.17, 15) is 9.90 Å². The van der Waals surface area contributed by atoms with E-state index in [0.717, 1.165) is 45.0 Å². The van der Waals surface area contributed by atoms with Crippen LogP contribution in [-0.4, -0.2) is 122 Å². The number of benzene rings is 1. The Hall–Kier alpha value is -1.55. The summed E-state index contributed by atoms with van der Waals surface area (Å²) >= 11 is 0. The van der Waals surface area contributed by atoms with E-state index in [0.29, 0.717) is 45.0 Å². The van der Waals surface area contributed by atoms with Crippen LogP contribution >= 0.6 is 0 Å². The molecule has 3 rings (SSSR count). The fourth-order valence-corrected chi connectivity index (χ4v) is 4.24. The molecule has 0 radical (unpaired) electrons. The first kappa shape index (κ1) is 27.0. The zero-order valence-electron chi connectivity index (χ0n) is 21.4. The molecule has 2 saturated heterocycles. The van der Waals surface area contributed by atoms with Crippen LogP contribution in [0.25, 0.3) is 0 Å². The second kappa shape index (κ2) is 13.0. The highest BCUT2D eigenvalue weighted by atomic mass is 16.5. The molecule has 0 saturated carbocycles. The molecule has 2 fully saturated rings. The summed E-state index contributed by atoms with van der Waals surface area (Å²) in [7, 11) is 0. The number of carbonyl (C=O) groups excluding carboxylic acids is 1. The topological polar surface area (TPSA) is 74.7 Å². The molecule has 0 aliphatic carbocycles. The van der Waals surface area contributed by atoms with Crippen LogP contribution in [0.5, 0.6) is 0 Å². The summed E-state index contributed by atoms with van der Waals surface area (Å²) in [6.07, 6.45) is -0.645. The lowest BCUT2D eigenvalue weighted by Crippen LogP contribution is -2.52. The van der Waals surface area contributed by atoms with E-state index in [1.165, 1.54) is 0 Å². The van der Waals surface area contributed by atoms with Gasteiger partial charge in [0.15, 0.2) is 0 Å². The number of ether oxygens (including phenoxy) is 3. The highest BCUT2D eigenvalue weighted by Crippen LogP contribution is 2.14. The van der Waals surface area contributed by atoms with Gasteiger partial charge in [-0.3, -0.25) is 14.6 Å². The predicted molar refractivity (Wildman–Crippen MR) is 132 cm³/mol. The molecule has 0 aromatic heterocycles. The largest absolute Gasteiger partial charge is 0.389 e. The smallest absolute Gasteiger partial charge is 0.253 e. The lowest BCUT2D eigenvalue weighted by atomic mass is 10.1. The SMILES string of the molecule is Cc1ccc(C(=O)N(CCN2CCOCC2)C[C@H]2CN(C[C@@H](O)COC(C)(C)C)CCO2)cc1.